The van der Waals surface area contributed by atoms with E-state index >= 15 is 0 Å². The van der Waals surface area contributed by atoms with Gasteiger partial charge in [0.05, 0.1) is 5.75 Å². The summed E-state index contributed by atoms with van der Waals surface area (Å²) in [6.45, 7) is 4.42. The van der Waals surface area contributed by atoms with Crippen LogP contribution in [-0.2, 0) is 9.59 Å². The Labute approximate surface area is 140 Å². The van der Waals surface area contributed by atoms with Crippen molar-refractivity contribution in [3.8, 4) is 0 Å². The van der Waals surface area contributed by atoms with Crippen molar-refractivity contribution >= 4 is 28.8 Å². The number of carbonyl (C=O) groups excluding carboxylic acids is 3. The molecule has 0 bridgehead atoms. The first-order chi connectivity index (χ1) is 11.0. The van der Waals surface area contributed by atoms with Crippen LogP contribution in [0.5, 0.6) is 0 Å². The average molecular weight is 336 g/mol. The van der Waals surface area contributed by atoms with Gasteiger partial charge in [0.1, 0.15) is 6.04 Å². The Balaban J connectivity index is 1.74. The molecule has 0 spiro atoms. The summed E-state index contributed by atoms with van der Waals surface area (Å²) in [5.74, 6) is -0.0861. The normalized spacial score (nSPS) is 17.2. The summed E-state index contributed by atoms with van der Waals surface area (Å²) < 4.78 is 0. The highest BCUT2D eigenvalue weighted by molar-refractivity contribution is 8.14. The van der Waals surface area contributed by atoms with Gasteiger partial charge in [0.2, 0.25) is 5.91 Å². The van der Waals surface area contributed by atoms with Crippen molar-refractivity contribution < 1.29 is 19.7 Å². The smallest absolute Gasteiger partial charge is 0.288 e. The average Bonchev–Trinajstić information content (AvgIpc) is 2.87. The van der Waals surface area contributed by atoms with Crippen LogP contribution in [0, 0.1) is 0 Å². The summed E-state index contributed by atoms with van der Waals surface area (Å²) in [5.41, 5.74) is 1.16. The molecule has 1 heterocycles. The third-order valence-electron chi connectivity index (χ3n) is 3.79. The van der Waals surface area contributed by atoms with E-state index in [1.165, 1.54) is 4.90 Å². The third-order valence-corrected chi connectivity index (χ3v) is 4.65. The molecule has 1 fully saturated rings. The molecular formula is C16H22N3O3S+. The zero-order chi connectivity index (χ0) is 16.8. The fourth-order valence-corrected chi connectivity index (χ4v) is 3.19. The first-order valence-electron chi connectivity index (χ1n) is 7.64. The van der Waals surface area contributed by atoms with Gasteiger partial charge in [-0.05, 0) is 13.8 Å². The van der Waals surface area contributed by atoms with Crippen LogP contribution in [0.25, 0.3) is 0 Å². The molecule has 3 amide bonds. The van der Waals surface area contributed by atoms with Crippen molar-refractivity contribution in [1.82, 2.24) is 10.2 Å². The lowest BCUT2D eigenvalue weighted by Crippen LogP contribution is -2.92. The fraction of sp³-hybridized carbons (Fsp3) is 0.438. The van der Waals surface area contributed by atoms with Crippen molar-refractivity contribution in [3.05, 3.63) is 35.9 Å². The Morgan fingerprint density at radius 3 is 2.61 bits per heavy atom. The molecule has 1 aliphatic heterocycles. The quantitative estimate of drug-likeness (QED) is 0.760. The first-order valence-corrected chi connectivity index (χ1v) is 8.62. The number of quaternary nitrogens is 1. The van der Waals surface area contributed by atoms with Gasteiger partial charge in [-0.25, -0.2) is 0 Å². The number of imide groups is 1. The predicted molar refractivity (Wildman–Crippen MR) is 88.8 cm³/mol. The summed E-state index contributed by atoms with van der Waals surface area (Å²) in [7, 11) is 0. The highest BCUT2D eigenvalue weighted by Crippen LogP contribution is 2.17. The maximum absolute atomic E-state index is 12.1. The van der Waals surface area contributed by atoms with E-state index in [0.717, 1.165) is 17.3 Å². The Morgan fingerprint density at radius 1 is 1.30 bits per heavy atom. The maximum Gasteiger partial charge on any atom is 0.288 e. The van der Waals surface area contributed by atoms with Gasteiger partial charge in [0.25, 0.3) is 11.1 Å². The van der Waals surface area contributed by atoms with Gasteiger partial charge in [-0.15, -0.1) is 0 Å². The van der Waals surface area contributed by atoms with Gasteiger partial charge >= 0.3 is 0 Å². The molecule has 0 saturated carbocycles. The molecule has 0 unspecified atom stereocenters. The number of benzene rings is 1. The van der Waals surface area contributed by atoms with E-state index in [4.69, 9.17) is 0 Å². The van der Waals surface area contributed by atoms with E-state index < -0.39 is 0 Å². The minimum Gasteiger partial charge on any atom is -0.349 e. The van der Waals surface area contributed by atoms with E-state index in [1.807, 2.05) is 42.6 Å². The molecular weight excluding hydrogens is 314 g/mol. The number of nitrogens with zero attached hydrogens (tertiary/aromatic N) is 1. The minimum absolute atomic E-state index is 0.0977. The summed E-state index contributed by atoms with van der Waals surface area (Å²) >= 11 is 1.00. The molecule has 1 aliphatic rings. The highest BCUT2D eigenvalue weighted by Gasteiger charge is 2.29. The second-order valence-electron chi connectivity index (χ2n) is 5.57. The van der Waals surface area contributed by atoms with E-state index in [-0.39, 0.29) is 48.0 Å². The molecule has 1 aromatic carbocycles. The van der Waals surface area contributed by atoms with Crippen molar-refractivity contribution in [2.45, 2.75) is 25.9 Å². The molecule has 1 aromatic rings. The Morgan fingerprint density at radius 2 is 2.00 bits per heavy atom. The second-order valence-corrected chi connectivity index (χ2v) is 6.50. The number of carbonyl (C=O) groups is 3. The molecule has 124 valence electrons. The summed E-state index contributed by atoms with van der Waals surface area (Å²) in [4.78, 5) is 36.2. The van der Waals surface area contributed by atoms with Crippen molar-refractivity contribution in [2.75, 3.05) is 18.8 Å². The number of nitrogens with two attached hydrogens (primary N) is 1. The van der Waals surface area contributed by atoms with Crippen molar-refractivity contribution in [2.24, 2.45) is 0 Å². The minimum atomic E-state index is -0.246. The lowest BCUT2D eigenvalue weighted by atomic mass is 10.1. The Bertz CT molecular complexity index is 563. The lowest BCUT2D eigenvalue weighted by molar-refractivity contribution is -0.710. The van der Waals surface area contributed by atoms with E-state index in [0.29, 0.717) is 0 Å². The van der Waals surface area contributed by atoms with Crippen LogP contribution >= 0.6 is 11.8 Å². The fourth-order valence-electron chi connectivity index (χ4n) is 2.44. The summed E-state index contributed by atoms with van der Waals surface area (Å²) in [6, 6.07) is 9.92. The largest absolute Gasteiger partial charge is 0.349 e. The predicted octanol–water partition coefficient (Wildman–Crippen LogP) is 0.511. The topological polar surface area (TPSA) is 83.1 Å². The molecule has 0 radical (unpaired) electrons. The van der Waals surface area contributed by atoms with Gasteiger partial charge in [0.15, 0.2) is 6.04 Å². The Kier molecular flexibility index (Phi) is 6.18. The number of thioether (sulfide) groups is 1. The van der Waals surface area contributed by atoms with Crippen LogP contribution in [0.1, 0.15) is 25.5 Å². The molecule has 3 N–H and O–H groups in total. The van der Waals surface area contributed by atoms with Gasteiger partial charge in [0, 0.05) is 18.7 Å². The van der Waals surface area contributed by atoms with Gasteiger partial charge in [-0.2, -0.15) is 0 Å². The van der Waals surface area contributed by atoms with Crippen LogP contribution < -0.4 is 10.6 Å². The van der Waals surface area contributed by atoms with E-state index in [2.05, 4.69) is 12.2 Å². The van der Waals surface area contributed by atoms with Crippen LogP contribution in [0.15, 0.2) is 30.3 Å². The number of hydrogen-bond donors (Lipinski definition) is 2. The second kappa shape index (κ2) is 8.12. The molecule has 7 heteroatoms. The van der Waals surface area contributed by atoms with Crippen LogP contribution in [0.3, 0.4) is 0 Å². The van der Waals surface area contributed by atoms with Crippen molar-refractivity contribution in [1.29, 1.82) is 0 Å². The maximum atomic E-state index is 12.1. The SMILES string of the molecule is C[C@H]([NH2+][C@@H](C)c1ccccc1)C(=O)NCCN1C(=O)CSC1=O. The Hall–Kier alpha value is -1.86. The number of amides is 3. The molecule has 0 aromatic heterocycles. The molecule has 23 heavy (non-hydrogen) atoms. The van der Waals surface area contributed by atoms with Gasteiger partial charge < -0.3 is 10.6 Å². The monoisotopic (exact) mass is 336 g/mol. The van der Waals surface area contributed by atoms with Crippen LogP contribution in [0.4, 0.5) is 4.79 Å². The number of nitrogens with one attached hydrogen (secondary N) is 1. The molecule has 1 saturated heterocycles. The van der Waals surface area contributed by atoms with Crippen LogP contribution in [0.2, 0.25) is 0 Å². The molecule has 2 atom stereocenters. The summed E-state index contributed by atoms with van der Waals surface area (Å²) in [6.07, 6.45) is 0. The zero-order valence-electron chi connectivity index (χ0n) is 13.3. The lowest BCUT2D eigenvalue weighted by Gasteiger charge is -2.18. The van der Waals surface area contributed by atoms with Crippen molar-refractivity contribution in [3.63, 3.8) is 0 Å². The number of rotatable bonds is 7. The van der Waals surface area contributed by atoms with E-state index in [9.17, 15) is 14.4 Å². The molecule has 6 nitrogen and oxygen atoms in total. The highest BCUT2D eigenvalue weighted by atomic mass is 32.2. The summed E-state index contributed by atoms with van der Waals surface area (Å²) in [5, 5.41) is 4.54. The third kappa shape index (κ3) is 4.80. The zero-order valence-corrected chi connectivity index (χ0v) is 14.1. The van der Waals surface area contributed by atoms with Gasteiger partial charge in [-0.1, -0.05) is 42.1 Å². The number of hydrogen-bond acceptors (Lipinski definition) is 4. The first kappa shape index (κ1) is 17.5. The van der Waals surface area contributed by atoms with Crippen LogP contribution in [-0.4, -0.2) is 46.8 Å². The van der Waals surface area contributed by atoms with E-state index in [1.54, 1.807) is 0 Å². The standard InChI is InChI=1S/C16H21N3O3S/c1-11(13-6-4-3-5-7-13)18-12(2)15(21)17-8-9-19-14(20)10-23-16(19)22/h3-7,11-12,18H,8-10H2,1-2H3,(H,17,21)/p+1/t11-,12-/m0/s1. The van der Waals surface area contributed by atoms with Gasteiger partial charge in [-0.3, -0.25) is 19.3 Å². The molecule has 2 rings (SSSR count). The molecule has 0 aliphatic carbocycles.